The van der Waals surface area contributed by atoms with Gasteiger partial charge in [-0.3, -0.25) is 24.0 Å². The molecule has 0 bridgehead atoms. The minimum Gasteiger partial charge on any atom is -0.481 e. The first kappa shape index (κ1) is 32.3. The second-order valence-corrected chi connectivity index (χ2v) is 11.2. The average molecular weight is 647 g/mol. The molecule has 1 N–H and O–H groups in total. The maximum atomic E-state index is 14.5. The molecule has 2 aromatic heterocycles. The molecule has 0 saturated heterocycles. The highest BCUT2D eigenvalue weighted by Gasteiger charge is 2.43. The van der Waals surface area contributed by atoms with Gasteiger partial charge in [0, 0.05) is 25.0 Å². The number of aromatic nitrogens is 3. The number of carbonyl (C=O) groups is 3. The largest absolute Gasteiger partial charge is 0.481 e. The van der Waals surface area contributed by atoms with E-state index in [1.54, 1.807) is 6.92 Å². The molecule has 230 valence electrons. The molecule has 1 saturated carbocycles. The van der Waals surface area contributed by atoms with Crippen molar-refractivity contribution in [1.29, 1.82) is 0 Å². The number of carbonyl (C=O) groups excluding carboxylic acids is 2. The van der Waals surface area contributed by atoms with Crippen LogP contribution in [-0.2, 0) is 17.5 Å². The Balaban J connectivity index is 1.70. The SMILES string of the molecule is CC(C(=O)O)C1CCC(n2ncc(C(=O)N(CC(=O)c3c(Cl)cncc3Cl)Cc3cc(F)cc(F)c3)c2C(F)(F)F)CC1. The Labute approximate surface area is 252 Å². The molecule has 3 aromatic rings. The zero-order chi connectivity index (χ0) is 31.6. The lowest BCUT2D eigenvalue weighted by atomic mass is 9.79. The molecule has 1 unspecified atom stereocenters. The van der Waals surface area contributed by atoms with Crippen molar-refractivity contribution in [1.82, 2.24) is 19.7 Å². The van der Waals surface area contributed by atoms with E-state index in [4.69, 9.17) is 23.2 Å². The number of Topliss-reactive ketones (excluding diaryl/α,β-unsaturated/α-hetero) is 1. The second kappa shape index (κ2) is 13.0. The molecule has 1 fully saturated rings. The highest BCUT2D eigenvalue weighted by molar-refractivity contribution is 6.39. The number of aliphatic carboxylic acids is 1. The summed E-state index contributed by atoms with van der Waals surface area (Å²) in [4.78, 5) is 42.7. The Bertz CT molecular complexity index is 1500. The summed E-state index contributed by atoms with van der Waals surface area (Å²) in [5, 5.41) is 12.9. The topological polar surface area (TPSA) is 105 Å². The van der Waals surface area contributed by atoms with Crippen molar-refractivity contribution in [2.45, 2.75) is 51.4 Å². The van der Waals surface area contributed by atoms with Gasteiger partial charge in [0.25, 0.3) is 5.91 Å². The van der Waals surface area contributed by atoms with Gasteiger partial charge in [-0.2, -0.15) is 18.3 Å². The van der Waals surface area contributed by atoms with Gasteiger partial charge in [0.1, 0.15) is 11.6 Å². The van der Waals surface area contributed by atoms with Crippen LogP contribution in [-0.4, -0.2) is 49.0 Å². The summed E-state index contributed by atoms with van der Waals surface area (Å²) in [5.41, 5.74) is -2.58. The first-order valence-electron chi connectivity index (χ1n) is 13.1. The van der Waals surface area contributed by atoms with Gasteiger partial charge in [0.2, 0.25) is 0 Å². The Kier molecular flexibility index (Phi) is 9.75. The minimum absolute atomic E-state index is 0.127. The summed E-state index contributed by atoms with van der Waals surface area (Å²) in [5.74, 6) is -6.00. The van der Waals surface area contributed by atoms with E-state index in [-0.39, 0.29) is 39.9 Å². The van der Waals surface area contributed by atoms with Crippen LogP contribution in [0.1, 0.15) is 70.6 Å². The van der Waals surface area contributed by atoms with E-state index in [2.05, 4.69) is 10.1 Å². The number of carboxylic acids is 1. The Morgan fingerprint density at radius 3 is 2.14 bits per heavy atom. The molecule has 0 radical (unpaired) electrons. The Hall–Kier alpha value is -3.58. The average Bonchev–Trinajstić information content (AvgIpc) is 3.37. The van der Waals surface area contributed by atoms with E-state index in [0.29, 0.717) is 28.5 Å². The third-order valence-electron chi connectivity index (χ3n) is 7.53. The molecule has 15 heteroatoms. The molecule has 2 heterocycles. The summed E-state index contributed by atoms with van der Waals surface area (Å²) in [7, 11) is 0. The third kappa shape index (κ3) is 7.32. The van der Waals surface area contributed by atoms with Crippen LogP contribution in [0.15, 0.2) is 36.8 Å². The van der Waals surface area contributed by atoms with Gasteiger partial charge in [0.15, 0.2) is 11.5 Å². The van der Waals surface area contributed by atoms with Crippen LogP contribution >= 0.6 is 23.2 Å². The maximum Gasteiger partial charge on any atom is 0.433 e. The highest BCUT2D eigenvalue weighted by atomic mass is 35.5. The van der Waals surface area contributed by atoms with Crippen LogP contribution in [0.4, 0.5) is 22.0 Å². The van der Waals surface area contributed by atoms with Crippen LogP contribution in [0.2, 0.25) is 10.0 Å². The van der Waals surface area contributed by atoms with Gasteiger partial charge >= 0.3 is 12.1 Å². The Morgan fingerprint density at radius 2 is 1.60 bits per heavy atom. The quantitative estimate of drug-likeness (QED) is 0.201. The molecule has 1 aromatic carbocycles. The number of nitrogens with zero attached hydrogens (tertiary/aromatic N) is 4. The number of amides is 1. The summed E-state index contributed by atoms with van der Waals surface area (Å²) in [6.45, 7) is 0.0626. The Morgan fingerprint density at radius 1 is 1.02 bits per heavy atom. The van der Waals surface area contributed by atoms with E-state index in [0.717, 1.165) is 30.7 Å². The monoisotopic (exact) mass is 646 g/mol. The summed E-state index contributed by atoms with van der Waals surface area (Å²) in [6, 6.07) is 1.57. The molecule has 1 aliphatic rings. The lowest BCUT2D eigenvalue weighted by Gasteiger charge is -2.32. The van der Waals surface area contributed by atoms with Crippen molar-refractivity contribution < 1.29 is 41.4 Å². The van der Waals surface area contributed by atoms with Crippen molar-refractivity contribution in [3.8, 4) is 0 Å². The number of rotatable bonds is 9. The third-order valence-corrected chi connectivity index (χ3v) is 8.10. The minimum atomic E-state index is -5.05. The predicted octanol–water partition coefficient (Wildman–Crippen LogP) is 6.86. The molecule has 43 heavy (non-hydrogen) atoms. The molecule has 8 nitrogen and oxygen atoms in total. The molecular formula is C28H25Cl2F5N4O4. The number of carboxylic acid groups (broad SMARTS) is 1. The zero-order valence-corrected chi connectivity index (χ0v) is 24.1. The van der Waals surface area contributed by atoms with Crippen LogP contribution < -0.4 is 0 Å². The van der Waals surface area contributed by atoms with Gasteiger partial charge in [0.05, 0.1) is 45.9 Å². The summed E-state index contributed by atoms with van der Waals surface area (Å²) >= 11 is 12.1. The fourth-order valence-electron chi connectivity index (χ4n) is 5.35. The van der Waals surface area contributed by atoms with Crippen molar-refractivity contribution in [3.63, 3.8) is 0 Å². The number of ketones is 1. The van der Waals surface area contributed by atoms with Crippen molar-refractivity contribution in [3.05, 3.63) is 80.9 Å². The predicted molar refractivity (Wildman–Crippen MR) is 145 cm³/mol. The van der Waals surface area contributed by atoms with Gasteiger partial charge < -0.3 is 10.0 Å². The molecule has 0 spiro atoms. The fraction of sp³-hybridized carbons (Fsp3) is 0.393. The number of benzene rings is 1. The van der Waals surface area contributed by atoms with E-state index >= 15 is 0 Å². The summed E-state index contributed by atoms with van der Waals surface area (Å²) < 4.78 is 72.0. The van der Waals surface area contributed by atoms with E-state index in [9.17, 15) is 41.4 Å². The number of halogens is 7. The van der Waals surface area contributed by atoms with Gasteiger partial charge in [-0.15, -0.1) is 0 Å². The lowest BCUT2D eigenvalue weighted by molar-refractivity contribution is -0.145. The molecule has 1 aliphatic carbocycles. The van der Waals surface area contributed by atoms with Crippen LogP contribution in [0, 0.1) is 23.5 Å². The smallest absolute Gasteiger partial charge is 0.433 e. The number of hydrogen-bond donors (Lipinski definition) is 1. The van der Waals surface area contributed by atoms with E-state index < -0.39 is 71.8 Å². The van der Waals surface area contributed by atoms with Crippen LogP contribution in [0.3, 0.4) is 0 Å². The lowest BCUT2D eigenvalue weighted by Crippen LogP contribution is -2.37. The fourth-order valence-corrected chi connectivity index (χ4v) is 5.92. The van der Waals surface area contributed by atoms with Gasteiger partial charge in [-0.1, -0.05) is 30.1 Å². The van der Waals surface area contributed by atoms with Gasteiger partial charge in [-0.05, 0) is 49.3 Å². The first-order chi connectivity index (χ1) is 20.2. The normalized spacial score (nSPS) is 17.9. The first-order valence-corrected chi connectivity index (χ1v) is 13.9. The molecule has 1 atom stereocenters. The molecule has 4 rings (SSSR count). The molecule has 0 aliphatic heterocycles. The number of alkyl halides is 3. The number of pyridine rings is 1. The van der Waals surface area contributed by atoms with Crippen molar-refractivity contribution in [2.24, 2.45) is 11.8 Å². The van der Waals surface area contributed by atoms with E-state index in [1.165, 1.54) is 0 Å². The second-order valence-electron chi connectivity index (χ2n) is 10.4. The molecular weight excluding hydrogens is 622 g/mol. The van der Waals surface area contributed by atoms with E-state index in [1.807, 2.05) is 0 Å². The molecule has 1 amide bonds. The highest BCUT2D eigenvalue weighted by Crippen LogP contribution is 2.41. The maximum absolute atomic E-state index is 14.5. The van der Waals surface area contributed by atoms with Crippen LogP contribution in [0.25, 0.3) is 0 Å². The van der Waals surface area contributed by atoms with Crippen molar-refractivity contribution >= 4 is 40.9 Å². The van der Waals surface area contributed by atoms with Gasteiger partial charge in [-0.25, -0.2) is 8.78 Å². The standard InChI is InChI=1S/C28H25Cl2F5N4O4/c1-14(27(42)43)16-2-4-19(5-3-16)39-25(28(33,34)35)20(9-37-39)26(41)38(12-15-6-17(31)8-18(32)7-15)13-23(40)24-21(29)10-36-11-22(24)30/h6-11,14,16,19H,2-5,12-13H2,1H3,(H,42,43). The zero-order valence-electron chi connectivity index (χ0n) is 22.5. The summed E-state index contributed by atoms with van der Waals surface area (Å²) in [6.07, 6.45) is -0.984. The van der Waals surface area contributed by atoms with Crippen molar-refractivity contribution in [2.75, 3.05) is 6.54 Å². The van der Waals surface area contributed by atoms with Crippen LogP contribution in [0.5, 0.6) is 0 Å². The number of hydrogen-bond acceptors (Lipinski definition) is 5.